The summed E-state index contributed by atoms with van der Waals surface area (Å²) in [6, 6.07) is 13.9. The summed E-state index contributed by atoms with van der Waals surface area (Å²) in [6.07, 6.45) is 0. The first-order valence-electron chi connectivity index (χ1n) is 7.56. The van der Waals surface area contributed by atoms with Crippen LogP contribution in [-0.4, -0.2) is 29.6 Å². The van der Waals surface area contributed by atoms with Gasteiger partial charge in [-0.25, -0.2) is 9.69 Å². The van der Waals surface area contributed by atoms with Crippen LogP contribution in [-0.2, 0) is 9.53 Å². The number of ether oxygens (including phenoxy) is 1. The maximum Gasteiger partial charge on any atom is 0.339 e. The minimum absolute atomic E-state index is 0.305. The zero-order valence-corrected chi connectivity index (χ0v) is 14.5. The molecule has 128 valence electrons. The van der Waals surface area contributed by atoms with E-state index in [1.165, 1.54) is 7.11 Å². The zero-order chi connectivity index (χ0) is 18.0. The normalized spacial score (nSPS) is 16.9. The minimum Gasteiger partial charge on any atom is -0.465 e. The molecular weight excluding hydrogens is 340 g/mol. The molecule has 1 aliphatic heterocycles. The predicted octanol–water partition coefficient (Wildman–Crippen LogP) is 3.42. The van der Waals surface area contributed by atoms with Crippen LogP contribution in [0, 0.1) is 6.92 Å². The lowest BCUT2D eigenvalue weighted by molar-refractivity contribution is -0.116. The number of aryl methyl sites for hydroxylation is 1. The van der Waals surface area contributed by atoms with E-state index < -0.39 is 11.3 Å². The van der Waals surface area contributed by atoms with Gasteiger partial charge in [0, 0.05) is 5.69 Å². The molecule has 1 fully saturated rings. The van der Waals surface area contributed by atoms with Crippen molar-refractivity contribution in [2.24, 2.45) is 0 Å². The maximum absolute atomic E-state index is 12.7. The molecule has 0 unspecified atom stereocenters. The van der Waals surface area contributed by atoms with Crippen molar-refractivity contribution in [3.8, 4) is 0 Å². The third-order valence-corrected chi connectivity index (χ3v) is 4.66. The molecule has 0 spiro atoms. The van der Waals surface area contributed by atoms with Crippen molar-refractivity contribution in [1.29, 1.82) is 0 Å². The molecule has 0 aliphatic carbocycles. The predicted molar refractivity (Wildman–Crippen MR) is 96.8 cm³/mol. The third-order valence-electron chi connectivity index (χ3n) is 3.72. The molecule has 7 heteroatoms. The van der Waals surface area contributed by atoms with Crippen molar-refractivity contribution >= 4 is 40.3 Å². The number of carbonyl (C=O) groups is 3. The summed E-state index contributed by atoms with van der Waals surface area (Å²) in [6.45, 7) is 1.89. The molecule has 0 saturated carbocycles. The van der Waals surface area contributed by atoms with E-state index in [9.17, 15) is 14.4 Å². The first kappa shape index (κ1) is 17.0. The highest BCUT2D eigenvalue weighted by Gasteiger charge is 2.41. The number of rotatable bonds is 4. The Kier molecular flexibility index (Phi) is 4.76. The van der Waals surface area contributed by atoms with Gasteiger partial charge in [-0.2, -0.15) is 0 Å². The Bertz CT molecular complexity index is 852. The molecule has 2 aromatic carbocycles. The monoisotopic (exact) mass is 356 g/mol. The Hall–Kier alpha value is -2.80. The fourth-order valence-corrected chi connectivity index (χ4v) is 3.43. The Morgan fingerprint density at radius 1 is 1.16 bits per heavy atom. The number of hydrogen-bond acceptors (Lipinski definition) is 6. The minimum atomic E-state index is -0.807. The lowest BCUT2D eigenvalue weighted by Gasteiger charge is -2.16. The zero-order valence-electron chi connectivity index (χ0n) is 13.7. The van der Waals surface area contributed by atoms with Gasteiger partial charge in [0.15, 0.2) is 5.37 Å². The lowest BCUT2D eigenvalue weighted by atomic mass is 10.1. The average Bonchev–Trinajstić information content (AvgIpc) is 2.88. The van der Waals surface area contributed by atoms with Crippen LogP contribution >= 0.6 is 11.8 Å². The van der Waals surface area contributed by atoms with Gasteiger partial charge in [0.25, 0.3) is 11.1 Å². The van der Waals surface area contributed by atoms with Crippen LogP contribution in [0.4, 0.5) is 16.2 Å². The molecule has 1 aliphatic rings. The summed E-state index contributed by atoms with van der Waals surface area (Å²) in [7, 11) is 1.29. The third kappa shape index (κ3) is 3.36. The van der Waals surface area contributed by atoms with Gasteiger partial charge in [-0.3, -0.25) is 9.59 Å². The molecule has 1 N–H and O–H groups in total. The number of thioether (sulfide) groups is 1. The molecule has 6 nitrogen and oxygen atoms in total. The van der Waals surface area contributed by atoms with Crippen molar-refractivity contribution in [3.63, 3.8) is 0 Å². The second-order valence-electron chi connectivity index (χ2n) is 5.46. The van der Waals surface area contributed by atoms with E-state index in [0.29, 0.717) is 16.9 Å². The number of esters is 1. The van der Waals surface area contributed by atoms with Crippen LogP contribution in [0.3, 0.4) is 0 Å². The standard InChI is InChI=1S/C18H16N2O4S/c1-11-6-5-7-12(10-11)20-16(21)15(25-18(20)23)19-14-9-4-3-8-13(14)17(22)24-2/h3-10,15,19H,1-2H3/t15-/m0/s1. The second-order valence-corrected chi connectivity index (χ2v) is 6.51. The number of amides is 2. The van der Waals surface area contributed by atoms with Crippen LogP contribution in [0.15, 0.2) is 48.5 Å². The number of imide groups is 1. The number of methoxy groups -OCH3 is 1. The van der Waals surface area contributed by atoms with Crippen molar-refractivity contribution in [2.75, 3.05) is 17.3 Å². The Morgan fingerprint density at radius 2 is 1.92 bits per heavy atom. The number of nitrogens with one attached hydrogen (secondary N) is 1. The molecule has 25 heavy (non-hydrogen) atoms. The Balaban J connectivity index is 1.85. The van der Waals surface area contributed by atoms with Gasteiger partial charge in [0.2, 0.25) is 0 Å². The van der Waals surface area contributed by atoms with Crippen molar-refractivity contribution in [1.82, 2.24) is 0 Å². The Labute approximate surface area is 149 Å². The molecule has 0 aromatic heterocycles. The maximum atomic E-state index is 12.7. The fraction of sp³-hybridized carbons (Fsp3) is 0.167. The van der Waals surface area contributed by atoms with Crippen LogP contribution in [0.2, 0.25) is 0 Å². The Morgan fingerprint density at radius 3 is 2.64 bits per heavy atom. The fourth-order valence-electron chi connectivity index (χ4n) is 2.54. The van der Waals surface area contributed by atoms with E-state index in [1.807, 2.05) is 13.0 Å². The number of nitrogens with zero attached hydrogens (tertiary/aromatic N) is 1. The van der Waals surface area contributed by atoms with Crippen molar-refractivity contribution in [2.45, 2.75) is 12.3 Å². The number of hydrogen-bond donors (Lipinski definition) is 1. The molecule has 1 heterocycles. The number of benzene rings is 2. The summed E-state index contributed by atoms with van der Waals surface area (Å²) in [4.78, 5) is 38.0. The summed E-state index contributed by atoms with van der Waals surface area (Å²) >= 11 is 0.880. The molecular formula is C18H16N2O4S. The summed E-state index contributed by atoms with van der Waals surface area (Å²) in [5, 5.41) is 1.80. The van der Waals surface area contributed by atoms with E-state index in [2.05, 4.69) is 5.32 Å². The van der Waals surface area contributed by atoms with Crippen molar-refractivity contribution < 1.29 is 19.1 Å². The quantitative estimate of drug-likeness (QED) is 0.846. The second kappa shape index (κ2) is 6.98. The molecule has 3 rings (SSSR count). The molecule has 2 amide bonds. The van der Waals surface area contributed by atoms with Gasteiger partial charge in [-0.15, -0.1) is 0 Å². The number of anilines is 2. The van der Waals surface area contributed by atoms with E-state index in [-0.39, 0.29) is 11.1 Å². The summed E-state index contributed by atoms with van der Waals surface area (Å²) in [5.74, 6) is -0.888. The highest BCUT2D eigenvalue weighted by Crippen LogP contribution is 2.33. The van der Waals surface area contributed by atoms with Gasteiger partial charge in [0.1, 0.15) is 0 Å². The molecule has 1 atom stereocenters. The molecule has 0 radical (unpaired) electrons. The largest absolute Gasteiger partial charge is 0.465 e. The van der Waals surface area contributed by atoms with Gasteiger partial charge in [0.05, 0.1) is 18.4 Å². The van der Waals surface area contributed by atoms with E-state index >= 15 is 0 Å². The van der Waals surface area contributed by atoms with Gasteiger partial charge in [-0.1, -0.05) is 24.3 Å². The molecule has 2 aromatic rings. The van der Waals surface area contributed by atoms with E-state index in [0.717, 1.165) is 22.2 Å². The topological polar surface area (TPSA) is 75.7 Å². The van der Waals surface area contributed by atoms with E-state index in [4.69, 9.17) is 4.74 Å². The van der Waals surface area contributed by atoms with E-state index in [1.54, 1.807) is 42.5 Å². The van der Waals surface area contributed by atoms with Crippen molar-refractivity contribution in [3.05, 3.63) is 59.7 Å². The van der Waals surface area contributed by atoms with Crippen LogP contribution in [0.5, 0.6) is 0 Å². The van der Waals surface area contributed by atoms with Gasteiger partial charge in [-0.05, 0) is 48.5 Å². The van der Waals surface area contributed by atoms with Gasteiger partial charge >= 0.3 is 5.97 Å². The molecule has 1 saturated heterocycles. The number of carbonyl (C=O) groups excluding carboxylic acids is 3. The van der Waals surface area contributed by atoms with Crippen LogP contribution < -0.4 is 10.2 Å². The lowest BCUT2D eigenvalue weighted by Crippen LogP contribution is -2.34. The first-order valence-corrected chi connectivity index (χ1v) is 8.44. The summed E-state index contributed by atoms with van der Waals surface area (Å²) in [5.41, 5.74) is 2.24. The summed E-state index contributed by atoms with van der Waals surface area (Å²) < 4.78 is 4.74. The average molecular weight is 356 g/mol. The highest BCUT2D eigenvalue weighted by atomic mass is 32.2. The number of para-hydroxylation sites is 1. The van der Waals surface area contributed by atoms with Crippen LogP contribution in [0.1, 0.15) is 15.9 Å². The smallest absolute Gasteiger partial charge is 0.339 e. The first-order chi connectivity index (χ1) is 12.0. The SMILES string of the molecule is COC(=O)c1ccccc1N[C@H]1SC(=O)N(c2cccc(C)c2)C1=O. The van der Waals surface area contributed by atoms with Crippen LogP contribution in [0.25, 0.3) is 0 Å². The highest BCUT2D eigenvalue weighted by molar-refractivity contribution is 8.16. The molecule has 0 bridgehead atoms. The van der Waals surface area contributed by atoms with Gasteiger partial charge < -0.3 is 10.1 Å².